The third-order valence-electron chi connectivity index (χ3n) is 8.22. The molecule has 3 aromatic carbocycles. The molecule has 1 N–H and O–H groups in total. The van der Waals surface area contributed by atoms with E-state index in [1.807, 2.05) is 31.2 Å². The summed E-state index contributed by atoms with van der Waals surface area (Å²) in [5, 5.41) is 3.35. The highest BCUT2D eigenvalue weighted by Gasteiger charge is 2.35. The number of methoxy groups -OCH3 is 3. The Morgan fingerprint density at radius 3 is 2.15 bits per heavy atom. The molecule has 12 heteroatoms. The van der Waals surface area contributed by atoms with E-state index in [0.29, 0.717) is 5.75 Å². The number of rotatable bonds is 13. The average Bonchev–Trinajstić information content (AvgIpc) is 3.06. The maximum atomic E-state index is 14.4. The molecule has 0 aliphatic heterocycles. The van der Waals surface area contributed by atoms with Gasteiger partial charge in [-0.3, -0.25) is 13.9 Å². The van der Waals surface area contributed by atoms with E-state index < -0.39 is 28.5 Å². The second-order valence-electron chi connectivity index (χ2n) is 11.4. The molecule has 1 aliphatic rings. The number of hydrogen-bond acceptors (Lipinski definition) is 7. The molecule has 10 nitrogen and oxygen atoms in total. The first-order chi connectivity index (χ1) is 22.0. The summed E-state index contributed by atoms with van der Waals surface area (Å²) in [7, 11) is -0.178. The van der Waals surface area contributed by atoms with Crippen LogP contribution in [0.5, 0.6) is 17.2 Å². The molecule has 0 bridgehead atoms. The fraction of sp³-hybridized carbons (Fsp3) is 0.412. The highest BCUT2D eigenvalue weighted by Crippen LogP contribution is 2.37. The first kappa shape index (κ1) is 34.9. The van der Waals surface area contributed by atoms with Crippen LogP contribution in [0, 0.1) is 6.92 Å². The van der Waals surface area contributed by atoms with Crippen LogP contribution < -0.4 is 23.8 Å². The van der Waals surface area contributed by atoms with Crippen molar-refractivity contribution in [1.29, 1.82) is 0 Å². The van der Waals surface area contributed by atoms with Gasteiger partial charge in [-0.1, -0.05) is 60.7 Å². The molecule has 0 aromatic heterocycles. The Bertz CT molecular complexity index is 1630. The molecule has 2 amide bonds. The fourth-order valence-corrected chi connectivity index (χ4v) is 7.12. The summed E-state index contributed by atoms with van der Waals surface area (Å²) in [5.74, 6) is -0.150. The molecule has 0 radical (unpaired) electrons. The largest absolute Gasteiger partial charge is 0.495 e. The minimum Gasteiger partial charge on any atom is -0.495 e. The topological polar surface area (TPSA) is 114 Å². The van der Waals surface area contributed by atoms with Crippen molar-refractivity contribution in [3.63, 3.8) is 0 Å². The Morgan fingerprint density at radius 2 is 1.52 bits per heavy atom. The van der Waals surface area contributed by atoms with Crippen LogP contribution in [-0.2, 0) is 26.2 Å². The maximum absolute atomic E-state index is 14.4. The van der Waals surface area contributed by atoms with E-state index in [9.17, 15) is 18.0 Å². The molecule has 4 rings (SSSR count). The number of halogens is 1. The summed E-state index contributed by atoms with van der Waals surface area (Å²) in [4.78, 5) is 29.2. The van der Waals surface area contributed by atoms with Crippen LogP contribution in [0.15, 0.2) is 65.6 Å². The minimum atomic E-state index is -4.43. The van der Waals surface area contributed by atoms with E-state index in [-0.39, 0.29) is 45.6 Å². The molecule has 3 aromatic rings. The number of hydrogen-bond donors (Lipinski definition) is 1. The molecule has 0 saturated heterocycles. The monoisotopic (exact) mass is 671 g/mol. The van der Waals surface area contributed by atoms with Crippen LogP contribution in [0.2, 0.25) is 5.02 Å². The van der Waals surface area contributed by atoms with Gasteiger partial charge in [-0.2, -0.15) is 0 Å². The van der Waals surface area contributed by atoms with Crippen molar-refractivity contribution in [3.05, 3.63) is 76.8 Å². The fourth-order valence-electron chi connectivity index (χ4n) is 5.52. The molecule has 1 fully saturated rings. The lowest BCUT2D eigenvalue weighted by atomic mass is 9.95. The summed E-state index contributed by atoms with van der Waals surface area (Å²) < 4.78 is 45.9. The molecule has 0 heterocycles. The number of sulfonamides is 1. The Morgan fingerprint density at radius 1 is 0.891 bits per heavy atom. The second kappa shape index (κ2) is 15.6. The van der Waals surface area contributed by atoms with Crippen LogP contribution in [0.3, 0.4) is 0 Å². The number of aryl methyl sites for hydroxylation is 1. The van der Waals surface area contributed by atoms with Crippen LogP contribution >= 0.6 is 11.6 Å². The van der Waals surface area contributed by atoms with Gasteiger partial charge in [0.1, 0.15) is 18.3 Å². The van der Waals surface area contributed by atoms with Gasteiger partial charge in [0.05, 0.1) is 31.9 Å². The summed E-state index contributed by atoms with van der Waals surface area (Å²) in [6, 6.07) is 15.5. The van der Waals surface area contributed by atoms with E-state index in [1.54, 1.807) is 13.0 Å². The summed E-state index contributed by atoms with van der Waals surface area (Å²) in [6.45, 7) is 3.08. The molecule has 1 unspecified atom stereocenters. The minimum absolute atomic E-state index is 0.0395. The predicted molar refractivity (Wildman–Crippen MR) is 178 cm³/mol. The molecule has 1 aliphatic carbocycles. The lowest BCUT2D eigenvalue weighted by molar-refractivity contribution is -0.139. The number of nitrogens with one attached hydrogen (secondary N) is 1. The maximum Gasteiger partial charge on any atom is 0.265 e. The lowest BCUT2D eigenvalue weighted by Gasteiger charge is -2.33. The Hall–Kier alpha value is -3.96. The summed E-state index contributed by atoms with van der Waals surface area (Å²) >= 11 is 6.34. The van der Waals surface area contributed by atoms with Gasteiger partial charge in [-0.05, 0) is 62.6 Å². The van der Waals surface area contributed by atoms with Gasteiger partial charge in [0, 0.05) is 23.7 Å². The van der Waals surface area contributed by atoms with Crippen LogP contribution in [0.1, 0.15) is 50.2 Å². The van der Waals surface area contributed by atoms with Crippen LogP contribution in [0.25, 0.3) is 0 Å². The normalized spacial score (nSPS) is 14.2. The van der Waals surface area contributed by atoms with Crippen molar-refractivity contribution in [2.75, 3.05) is 32.2 Å². The average molecular weight is 672 g/mol. The highest BCUT2D eigenvalue weighted by molar-refractivity contribution is 7.92. The smallest absolute Gasteiger partial charge is 0.265 e. The number of ether oxygens (including phenoxy) is 3. The summed E-state index contributed by atoms with van der Waals surface area (Å²) in [6.07, 6.45) is 4.98. The van der Waals surface area contributed by atoms with Gasteiger partial charge < -0.3 is 24.4 Å². The van der Waals surface area contributed by atoms with Crippen molar-refractivity contribution in [1.82, 2.24) is 10.2 Å². The zero-order chi connectivity index (χ0) is 33.4. The van der Waals surface area contributed by atoms with E-state index in [4.69, 9.17) is 25.8 Å². The van der Waals surface area contributed by atoms with Gasteiger partial charge in [-0.25, -0.2) is 8.42 Å². The van der Waals surface area contributed by atoms with Gasteiger partial charge in [0.2, 0.25) is 11.8 Å². The van der Waals surface area contributed by atoms with Crippen molar-refractivity contribution in [2.24, 2.45) is 0 Å². The van der Waals surface area contributed by atoms with Gasteiger partial charge in [0.15, 0.2) is 11.5 Å². The van der Waals surface area contributed by atoms with Crippen molar-refractivity contribution >= 4 is 39.1 Å². The van der Waals surface area contributed by atoms with Gasteiger partial charge in [-0.15, -0.1) is 0 Å². The third kappa shape index (κ3) is 8.24. The SMILES string of the molecule is COc1ccc(S(=O)(=O)N(CC(=O)N(Cc2ccc(C)cc2)C(C)C(=O)NC2CCCCC2)c2cc(Cl)ccc2OC)cc1OC. The highest BCUT2D eigenvalue weighted by atomic mass is 35.5. The van der Waals surface area contributed by atoms with E-state index >= 15 is 0 Å². The molecular formula is C34H42ClN3O7S. The number of nitrogens with zero attached hydrogens (tertiary/aromatic N) is 2. The molecule has 1 atom stereocenters. The molecular weight excluding hydrogens is 630 g/mol. The zero-order valence-corrected chi connectivity index (χ0v) is 28.5. The van der Waals surface area contributed by atoms with Crippen LogP contribution in [0.4, 0.5) is 5.69 Å². The van der Waals surface area contributed by atoms with Crippen LogP contribution in [-0.4, -0.2) is 65.1 Å². The standard InChI is InChI=1S/C34H42ClN3O7S/c1-23-11-13-25(14-12-23)21-37(24(2)34(40)36-27-9-7-6-8-10-27)33(39)22-38(29-19-26(35)15-17-30(29)43-3)46(41,42)28-16-18-31(44-4)32(20-28)45-5/h11-20,24,27H,6-10,21-22H2,1-5H3,(H,36,40). The third-order valence-corrected chi connectivity index (χ3v) is 10.2. The second-order valence-corrected chi connectivity index (χ2v) is 13.7. The van der Waals surface area contributed by atoms with Crippen molar-refractivity contribution in [2.45, 2.75) is 69.5 Å². The van der Waals surface area contributed by atoms with Gasteiger partial charge in [0.25, 0.3) is 10.0 Å². The number of amides is 2. The Labute approximate surface area is 276 Å². The number of anilines is 1. The Balaban J connectivity index is 1.76. The number of benzene rings is 3. The predicted octanol–water partition coefficient (Wildman–Crippen LogP) is 5.74. The molecule has 248 valence electrons. The number of carbonyl (C=O) groups is 2. The van der Waals surface area contributed by atoms with E-state index in [1.165, 1.54) is 56.6 Å². The number of carbonyl (C=O) groups excluding carboxylic acids is 2. The van der Waals surface area contributed by atoms with Crippen molar-refractivity contribution in [3.8, 4) is 17.2 Å². The quantitative estimate of drug-likeness (QED) is 0.247. The lowest BCUT2D eigenvalue weighted by Crippen LogP contribution is -2.53. The Kier molecular flexibility index (Phi) is 11.8. The van der Waals surface area contributed by atoms with Gasteiger partial charge >= 0.3 is 0 Å². The first-order valence-electron chi connectivity index (χ1n) is 15.2. The van der Waals surface area contributed by atoms with E-state index in [0.717, 1.165) is 47.5 Å². The zero-order valence-electron chi connectivity index (χ0n) is 26.9. The summed E-state index contributed by atoms with van der Waals surface area (Å²) in [5.41, 5.74) is 1.91. The molecule has 46 heavy (non-hydrogen) atoms. The van der Waals surface area contributed by atoms with E-state index in [2.05, 4.69) is 5.32 Å². The molecule has 1 saturated carbocycles. The van der Waals surface area contributed by atoms with Crippen molar-refractivity contribution < 1.29 is 32.2 Å². The molecule has 0 spiro atoms. The first-order valence-corrected chi connectivity index (χ1v) is 17.0.